The zero-order valence-electron chi connectivity index (χ0n) is 12.4. The Morgan fingerprint density at radius 3 is 2.62 bits per heavy atom. The van der Waals surface area contributed by atoms with E-state index >= 15 is 0 Å². The highest BCUT2D eigenvalue weighted by molar-refractivity contribution is 6.03. The molecule has 0 radical (unpaired) electrons. The maximum Gasteiger partial charge on any atom is 0.272 e. The van der Waals surface area contributed by atoms with Gasteiger partial charge in [-0.05, 0) is 50.2 Å². The summed E-state index contributed by atoms with van der Waals surface area (Å²) in [6.07, 6.45) is 1.91. The maximum atomic E-state index is 12.3. The average Bonchev–Trinajstić information content (AvgIpc) is 2.96. The Kier molecular flexibility index (Phi) is 5.00. The second kappa shape index (κ2) is 6.95. The van der Waals surface area contributed by atoms with Crippen LogP contribution in [0.1, 0.15) is 30.4 Å². The standard InChI is InChI=1S/C16H21N3O2/c1-12(2)19-10-3-4-15(19)16(20)18-13-5-7-14(8-6-13)21-11-9-17/h3-8,10,12H,9,11,17H2,1-2H3,(H,18,20). The summed E-state index contributed by atoms with van der Waals surface area (Å²) in [5.74, 6) is 0.619. The number of nitrogens with two attached hydrogens (primary N) is 1. The van der Waals surface area contributed by atoms with Gasteiger partial charge in [-0.3, -0.25) is 4.79 Å². The minimum Gasteiger partial charge on any atom is -0.492 e. The minimum atomic E-state index is -0.121. The minimum absolute atomic E-state index is 0.121. The number of carbonyl (C=O) groups excluding carboxylic acids is 1. The first-order valence-electron chi connectivity index (χ1n) is 7.03. The van der Waals surface area contributed by atoms with Crippen molar-refractivity contribution >= 4 is 11.6 Å². The first-order valence-corrected chi connectivity index (χ1v) is 7.03. The van der Waals surface area contributed by atoms with Gasteiger partial charge in [0.1, 0.15) is 18.1 Å². The van der Waals surface area contributed by atoms with E-state index in [1.807, 2.05) is 61.0 Å². The third-order valence-corrected chi connectivity index (χ3v) is 3.07. The Hall–Kier alpha value is -2.27. The number of benzene rings is 1. The lowest BCUT2D eigenvalue weighted by atomic mass is 10.3. The molecule has 0 aliphatic carbocycles. The lowest BCUT2D eigenvalue weighted by Gasteiger charge is -2.13. The first kappa shape index (κ1) is 15.1. The van der Waals surface area contributed by atoms with Crippen LogP contribution in [0.4, 0.5) is 5.69 Å². The van der Waals surface area contributed by atoms with Crippen molar-refractivity contribution in [2.45, 2.75) is 19.9 Å². The third kappa shape index (κ3) is 3.86. The Balaban J connectivity index is 2.04. The van der Waals surface area contributed by atoms with E-state index in [9.17, 15) is 4.79 Å². The fourth-order valence-electron chi connectivity index (χ4n) is 2.04. The summed E-state index contributed by atoms with van der Waals surface area (Å²) in [6.45, 7) is 5.04. The fraction of sp³-hybridized carbons (Fsp3) is 0.312. The molecule has 0 aliphatic rings. The quantitative estimate of drug-likeness (QED) is 0.858. The fourth-order valence-corrected chi connectivity index (χ4v) is 2.04. The summed E-state index contributed by atoms with van der Waals surface area (Å²) >= 11 is 0. The average molecular weight is 287 g/mol. The van der Waals surface area contributed by atoms with E-state index < -0.39 is 0 Å². The molecule has 2 rings (SSSR count). The zero-order valence-corrected chi connectivity index (χ0v) is 12.4. The van der Waals surface area contributed by atoms with Crippen molar-refractivity contribution in [3.63, 3.8) is 0 Å². The summed E-state index contributed by atoms with van der Waals surface area (Å²) in [5.41, 5.74) is 6.76. The summed E-state index contributed by atoms with van der Waals surface area (Å²) < 4.78 is 7.33. The van der Waals surface area contributed by atoms with Gasteiger partial charge in [0.25, 0.3) is 5.91 Å². The predicted molar refractivity (Wildman–Crippen MR) is 83.8 cm³/mol. The molecule has 1 heterocycles. The molecule has 1 aromatic carbocycles. The number of nitrogens with zero attached hydrogens (tertiary/aromatic N) is 1. The van der Waals surface area contributed by atoms with Gasteiger partial charge in [-0.25, -0.2) is 0 Å². The lowest BCUT2D eigenvalue weighted by molar-refractivity contribution is 0.101. The number of amides is 1. The molecule has 0 fully saturated rings. The number of carbonyl (C=O) groups is 1. The van der Waals surface area contributed by atoms with Gasteiger partial charge in [0.15, 0.2) is 0 Å². The Morgan fingerprint density at radius 2 is 2.00 bits per heavy atom. The van der Waals surface area contributed by atoms with Gasteiger partial charge < -0.3 is 20.4 Å². The molecule has 0 aliphatic heterocycles. The molecular weight excluding hydrogens is 266 g/mol. The van der Waals surface area contributed by atoms with Crippen LogP contribution in [0.5, 0.6) is 5.75 Å². The highest BCUT2D eigenvalue weighted by atomic mass is 16.5. The van der Waals surface area contributed by atoms with E-state index in [0.29, 0.717) is 18.8 Å². The van der Waals surface area contributed by atoms with E-state index in [0.717, 1.165) is 11.4 Å². The van der Waals surface area contributed by atoms with Crippen molar-refractivity contribution in [2.75, 3.05) is 18.5 Å². The molecule has 5 heteroatoms. The molecule has 0 spiro atoms. The molecule has 3 N–H and O–H groups in total. The second-order valence-corrected chi connectivity index (χ2v) is 5.01. The highest BCUT2D eigenvalue weighted by Crippen LogP contribution is 2.17. The number of rotatable bonds is 6. The smallest absolute Gasteiger partial charge is 0.272 e. The Bertz CT molecular complexity index is 588. The monoisotopic (exact) mass is 287 g/mol. The van der Waals surface area contributed by atoms with E-state index in [2.05, 4.69) is 5.32 Å². The van der Waals surface area contributed by atoms with Crippen LogP contribution in [-0.2, 0) is 0 Å². The van der Waals surface area contributed by atoms with Crippen LogP contribution in [0.15, 0.2) is 42.6 Å². The van der Waals surface area contributed by atoms with Crippen LogP contribution in [0, 0.1) is 0 Å². The SMILES string of the molecule is CC(C)n1cccc1C(=O)Nc1ccc(OCCN)cc1. The summed E-state index contributed by atoms with van der Waals surface area (Å²) in [4.78, 5) is 12.3. The third-order valence-electron chi connectivity index (χ3n) is 3.07. The van der Waals surface area contributed by atoms with Crippen molar-refractivity contribution in [2.24, 2.45) is 5.73 Å². The van der Waals surface area contributed by atoms with Gasteiger partial charge in [0, 0.05) is 24.5 Å². The molecule has 2 aromatic rings. The van der Waals surface area contributed by atoms with E-state index in [1.165, 1.54) is 0 Å². The van der Waals surface area contributed by atoms with Crippen LogP contribution in [0.3, 0.4) is 0 Å². The van der Waals surface area contributed by atoms with E-state index in [4.69, 9.17) is 10.5 Å². The van der Waals surface area contributed by atoms with Crippen molar-refractivity contribution < 1.29 is 9.53 Å². The topological polar surface area (TPSA) is 69.3 Å². The van der Waals surface area contributed by atoms with E-state index in [-0.39, 0.29) is 11.9 Å². The van der Waals surface area contributed by atoms with Gasteiger partial charge in [-0.15, -0.1) is 0 Å². The van der Waals surface area contributed by atoms with Gasteiger partial charge in [0.2, 0.25) is 0 Å². The number of nitrogens with one attached hydrogen (secondary N) is 1. The summed E-state index contributed by atoms with van der Waals surface area (Å²) in [6, 6.07) is 11.2. The van der Waals surface area contributed by atoms with E-state index in [1.54, 1.807) is 0 Å². The van der Waals surface area contributed by atoms with Crippen LogP contribution >= 0.6 is 0 Å². The van der Waals surface area contributed by atoms with Crippen LogP contribution < -0.4 is 15.8 Å². The molecule has 1 amide bonds. The number of anilines is 1. The first-order chi connectivity index (χ1) is 10.1. The van der Waals surface area contributed by atoms with Crippen LogP contribution in [-0.4, -0.2) is 23.6 Å². The predicted octanol–water partition coefficient (Wildman–Crippen LogP) is 2.66. The second-order valence-electron chi connectivity index (χ2n) is 5.01. The number of aromatic nitrogens is 1. The van der Waals surface area contributed by atoms with Gasteiger partial charge in [-0.1, -0.05) is 0 Å². The molecular formula is C16H21N3O2. The Morgan fingerprint density at radius 1 is 1.29 bits per heavy atom. The zero-order chi connectivity index (χ0) is 15.2. The summed E-state index contributed by atoms with van der Waals surface area (Å²) in [5, 5.41) is 2.88. The molecule has 0 bridgehead atoms. The molecule has 0 unspecified atom stereocenters. The van der Waals surface area contributed by atoms with Gasteiger partial charge in [0.05, 0.1) is 0 Å². The maximum absolute atomic E-state index is 12.3. The van der Waals surface area contributed by atoms with Gasteiger partial charge >= 0.3 is 0 Å². The van der Waals surface area contributed by atoms with Crippen molar-refractivity contribution in [1.29, 1.82) is 0 Å². The number of hydrogen-bond donors (Lipinski definition) is 2. The highest BCUT2D eigenvalue weighted by Gasteiger charge is 2.12. The molecule has 21 heavy (non-hydrogen) atoms. The molecule has 5 nitrogen and oxygen atoms in total. The van der Waals surface area contributed by atoms with Gasteiger partial charge in [-0.2, -0.15) is 0 Å². The molecule has 112 valence electrons. The van der Waals surface area contributed by atoms with Crippen molar-refractivity contribution in [3.05, 3.63) is 48.3 Å². The number of hydrogen-bond acceptors (Lipinski definition) is 3. The Labute approximate surface area is 124 Å². The summed E-state index contributed by atoms with van der Waals surface area (Å²) in [7, 11) is 0. The van der Waals surface area contributed by atoms with Crippen LogP contribution in [0.25, 0.3) is 0 Å². The normalized spacial score (nSPS) is 10.7. The van der Waals surface area contributed by atoms with Crippen LogP contribution in [0.2, 0.25) is 0 Å². The molecule has 0 atom stereocenters. The molecule has 0 saturated carbocycles. The largest absolute Gasteiger partial charge is 0.492 e. The van der Waals surface area contributed by atoms with Crippen molar-refractivity contribution in [3.8, 4) is 5.75 Å². The van der Waals surface area contributed by atoms with Crippen molar-refractivity contribution in [1.82, 2.24) is 4.57 Å². The number of ether oxygens (including phenoxy) is 1. The molecule has 1 aromatic heterocycles. The lowest BCUT2D eigenvalue weighted by Crippen LogP contribution is -2.17. The molecule has 0 saturated heterocycles.